The second-order valence-electron chi connectivity index (χ2n) is 7.64. The van der Waals surface area contributed by atoms with Crippen LogP contribution in [-0.2, 0) is 14.8 Å². The van der Waals surface area contributed by atoms with Gasteiger partial charge in [0.15, 0.2) is 5.82 Å². The van der Waals surface area contributed by atoms with E-state index < -0.39 is 10.0 Å². The minimum atomic E-state index is -3.20. The average molecular weight is 445 g/mol. The number of morpholine rings is 1. The maximum Gasteiger partial charge on any atom is 0.230 e. The molecule has 1 aromatic carbocycles. The fraction of sp³-hybridized carbons (Fsp3) is 0.474. The highest BCUT2D eigenvalue weighted by Crippen LogP contribution is 2.28. The number of nitrogens with one attached hydrogen (secondary N) is 1. The molecule has 0 aliphatic carbocycles. The fourth-order valence-corrected chi connectivity index (χ4v) is 4.73. The highest BCUT2D eigenvalue weighted by atomic mass is 32.2. The SMILES string of the molecule is CS(=O)(=O)N1CCN(c2nc(-c3cccc4[nH]ncc34)nc(N3CCOCC3)n2)CC1. The van der Waals surface area contributed by atoms with Crippen molar-refractivity contribution in [2.75, 3.05) is 68.5 Å². The molecule has 2 fully saturated rings. The summed E-state index contributed by atoms with van der Waals surface area (Å²) in [6, 6.07) is 5.88. The zero-order valence-corrected chi connectivity index (χ0v) is 18.0. The van der Waals surface area contributed by atoms with Crippen LogP contribution < -0.4 is 9.80 Å². The Balaban J connectivity index is 1.53. The Bertz CT molecular complexity index is 1180. The van der Waals surface area contributed by atoms with Gasteiger partial charge in [0.05, 0.1) is 31.2 Å². The Morgan fingerprint density at radius 2 is 1.61 bits per heavy atom. The van der Waals surface area contributed by atoms with Crippen LogP contribution in [0.2, 0.25) is 0 Å². The van der Waals surface area contributed by atoms with Gasteiger partial charge in [-0.15, -0.1) is 0 Å². The molecule has 5 rings (SSSR count). The molecule has 11 nitrogen and oxygen atoms in total. The predicted molar refractivity (Wildman–Crippen MR) is 117 cm³/mol. The molecular weight excluding hydrogens is 420 g/mol. The van der Waals surface area contributed by atoms with Crippen LogP contribution in [0.25, 0.3) is 22.3 Å². The minimum Gasteiger partial charge on any atom is -0.378 e. The lowest BCUT2D eigenvalue weighted by Crippen LogP contribution is -2.49. The van der Waals surface area contributed by atoms with E-state index in [1.165, 1.54) is 10.6 Å². The van der Waals surface area contributed by atoms with E-state index in [0.29, 0.717) is 70.2 Å². The van der Waals surface area contributed by atoms with E-state index in [0.717, 1.165) is 16.5 Å². The van der Waals surface area contributed by atoms with Crippen molar-refractivity contribution in [1.82, 2.24) is 29.5 Å². The Hall–Kier alpha value is -2.83. The molecule has 0 unspecified atom stereocenters. The average Bonchev–Trinajstić information content (AvgIpc) is 3.28. The van der Waals surface area contributed by atoms with Gasteiger partial charge < -0.3 is 14.5 Å². The molecule has 0 radical (unpaired) electrons. The maximum absolute atomic E-state index is 11.9. The first kappa shape index (κ1) is 20.1. The van der Waals surface area contributed by atoms with E-state index in [2.05, 4.69) is 15.1 Å². The first-order chi connectivity index (χ1) is 15.0. The van der Waals surface area contributed by atoms with Crippen molar-refractivity contribution in [3.05, 3.63) is 24.4 Å². The van der Waals surface area contributed by atoms with Crippen molar-refractivity contribution in [3.8, 4) is 11.4 Å². The lowest BCUT2D eigenvalue weighted by Gasteiger charge is -2.34. The second kappa shape index (κ2) is 8.02. The standard InChI is InChI=1S/C19H24N8O3S/c1-31(28,29)27-7-5-25(6-8-27)18-21-17(14-3-2-4-16-15(14)13-20-24-16)22-19(23-18)26-9-11-30-12-10-26/h2-4,13H,5-12H2,1H3,(H,20,24). The smallest absolute Gasteiger partial charge is 0.230 e. The van der Waals surface area contributed by atoms with Gasteiger partial charge >= 0.3 is 0 Å². The molecule has 0 atom stereocenters. The zero-order chi connectivity index (χ0) is 21.4. The number of rotatable bonds is 4. The van der Waals surface area contributed by atoms with E-state index in [-0.39, 0.29) is 0 Å². The molecule has 0 bridgehead atoms. The summed E-state index contributed by atoms with van der Waals surface area (Å²) in [6.07, 6.45) is 3.01. The van der Waals surface area contributed by atoms with Crippen molar-refractivity contribution in [2.24, 2.45) is 0 Å². The summed E-state index contributed by atoms with van der Waals surface area (Å²) >= 11 is 0. The van der Waals surface area contributed by atoms with Crippen molar-refractivity contribution in [2.45, 2.75) is 0 Å². The van der Waals surface area contributed by atoms with Crippen LogP contribution in [0, 0.1) is 0 Å². The van der Waals surface area contributed by atoms with Crippen molar-refractivity contribution in [1.29, 1.82) is 0 Å². The first-order valence-corrected chi connectivity index (χ1v) is 12.1. The number of benzene rings is 1. The number of aromatic nitrogens is 5. The molecular formula is C19H24N8O3S. The number of hydrogen-bond donors (Lipinski definition) is 1. The summed E-state index contributed by atoms with van der Waals surface area (Å²) in [5, 5.41) is 8.07. The minimum absolute atomic E-state index is 0.407. The van der Waals surface area contributed by atoms with Crippen LogP contribution in [0.5, 0.6) is 0 Å². The molecule has 164 valence electrons. The molecule has 2 aliphatic heterocycles. The van der Waals surface area contributed by atoms with Gasteiger partial charge in [-0.25, -0.2) is 8.42 Å². The Morgan fingerprint density at radius 3 is 2.29 bits per heavy atom. The largest absolute Gasteiger partial charge is 0.378 e. The molecule has 12 heteroatoms. The number of sulfonamides is 1. The van der Waals surface area contributed by atoms with Crippen LogP contribution in [0.15, 0.2) is 24.4 Å². The van der Waals surface area contributed by atoms with E-state index in [1.54, 1.807) is 6.20 Å². The highest BCUT2D eigenvalue weighted by Gasteiger charge is 2.26. The van der Waals surface area contributed by atoms with Gasteiger partial charge in [-0.1, -0.05) is 12.1 Å². The van der Waals surface area contributed by atoms with E-state index in [1.807, 2.05) is 23.1 Å². The Labute approximate surface area is 180 Å². The molecule has 3 aromatic rings. The van der Waals surface area contributed by atoms with Crippen LogP contribution in [0.1, 0.15) is 0 Å². The van der Waals surface area contributed by atoms with Gasteiger partial charge in [0, 0.05) is 50.2 Å². The monoisotopic (exact) mass is 444 g/mol. The van der Waals surface area contributed by atoms with Crippen LogP contribution in [0.3, 0.4) is 0 Å². The second-order valence-corrected chi connectivity index (χ2v) is 9.63. The number of H-pyrrole nitrogens is 1. The number of piperazine rings is 1. The third kappa shape index (κ3) is 4.05. The maximum atomic E-state index is 11.9. The lowest BCUT2D eigenvalue weighted by atomic mass is 10.1. The van der Waals surface area contributed by atoms with Crippen molar-refractivity contribution < 1.29 is 13.2 Å². The summed E-state index contributed by atoms with van der Waals surface area (Å²) < 4.78 is 30.7. The summed E-state index contributed by atoms with van der Waals surface area (Å²) in [5.74, 6) is 1.73. The molecule has 0 amide bonds. The summed E-state index contributed by atoms with van der Waals surface area (Å²) in [7, 11) is -3.20. The third-order valence-corrected chi connectivity index (χ3v) is 6.93. The normalized spacial score (nSPS) is 18.6. The number of aromatic amines is 1. The topological polar surface area (TPSA) is 120 Å². The predicted octanol–water partition coefficient (Wildman–Crippen LogP) is 0.333. The Kier molecular flexibility index (Phi) is 5.20. The molecule has 2 aromatic heterocycles. The molecule has 1 N–H and O–H groups in total. The summed E-state index contributed by atoms with van der Waals surface area (Å²) in [5.41, 5.74) is 1.79. The molecule has 2 aliphatic rings. The molecule has 31 heavy (non-hydrogen) atoms. The molecule has 0 saturated carbocycles. The van der Waals surface area contributed by atoms with E-state index in [4.69, 9.17) is 19.7 Å². The van der Waals surface area contributed by atoms with Crippen LogP contribution in [0.4, 0.5) is 11.9 Å². The molecule has 2 saturated heterocycles. The van der Waals surface area contributed by atoms with Gasteiger partial charge in [-0.2, -0.15) is 24.4 Å². The first-order valence-electron chi connectivity index (χ1n) is 10.2. The van der Waals surface area contributed by atoms with Gasteiger partial charge in [-0.05, 0) is 6.07 Å². The molecule has 0 spiro atoms. The van der Waals surface area contributed by atoms with Crippen LogP contribution >= 0.6 is 0 Å². The fourth-order valence-electron chi connectivity index (χ4n) is 3.90. The Morgan fingerprint density at radius 1 is 0.935 bits per heavy atom. The number of fused-ring (bicyclic) bond motifs is 1. The third-order valence-electron chi connectivity index (χ3n) is 5.62. The van der Waals surface area contributed by atoms with Gasteiger partial charge in [-0.3, -0.25) is 5.10 Å². The van der Waals surface area contributed by atoms with E-state index in [9.17, 15) is 8.42 Å². The zero-order valence-electron chi connectivity index (χ0n) is 17.2. The summed E-state index contributed by atoms with van der Waals surface area (Å²) in [6.45, 7) is 4.53. The number of ether oxygens (including phenoxy) is 1. The van der Waals surface area contributed by atoms with Crippen LogP contribution in [-0.4, -0.2) is 96.6 Å². The highest BCUT2D eigenvalue weighted by molar-refractivity contribution is 7.88. The van der Waals surface area contributed by atoms with Crippen molar-refractivity contribution >= 4 is 32.8 Å². The van der Waals surface area contributed by atoms with Gasteiger partial charge in [0.25, 0.3) is 0 Å². The van der Waals surface area contributed by atoms with E-state index >= 15 is 0 Å². The number of anilines is 2. The summed E-state index contributed by atoms with van der Waals surface area (Å²) in [4.78, 5) is 18.4. The number of hydrogen-bond acceptors (Lipinski definition) is 9. The van der Waals surface area contributed by atoms with Gasteiger partial charge in [0.1, 0.15) is 0 Å². The molecule has 4 heterocycles. The van der Waals surface area contributed by atoms with Crippen molar-refractivity contribution in [3.63, 3.8) is 0 Å². The van der Waals surface area contributed by atoms with Gasteiger partial charge in [0.2, 0.25) is 21.9 Å². The lowest BCUT2D eigenvalue weighted by molar-refractivity contribution is 0.122. The quantitative estimate of drug-likeness (QED) is 0.607. The number of nitrogens with zero attached hydrogens (tertiary/aromatic N) is 7.